The van der Waals surface area contributed by atoms with Gasteiger partial charge < -0.3 is 42.6 Å². The maximum absolute atomic E-state index is 13.1. The van der Waals surface area contributed by atoms with Crippen molar-refractivity contribution in [1.82, 2.24) is 14.7 Å². The zero-order chi connectivity index (χ0) is 74.4. The summed E-state index contributed by atoms with van der Waals surface area (Å²) in [6.45, 7) is 9.36. The minimum Gasteiger partial charge on any atom is -0.464 e. The van der Waals surface area contributed by atoms with Crippen LogP contribution in [0.15, 0.2) is 0 Å². The SMILES string of the molecule is COCCOC(=O)C1CCC(C(=O)OCCN(CCC23CC4CC(CC(C4)C2)C3)C2CCCCC2)CC1.COCCOC(=O)C1CCCCC1C(=O)OCCN(CCC12CC3CC(CC(C3)C1)C2)C1CCCCC1.COCCOC(=O)CCC(=O)OCCN(CCC12CC3CC(CC(C3)C1)C2)C1CCCCC1. The van der Waals surface area contributed by atoms with Crippen molar-refractivity contribution in [3.05, 3.63) is 0 Å². The van der Waals surface area contributed by atoms with Crippen molar-refractivity contribution in [3.8, 4) is 0 Å². The zero-order valence-electron chi connectivity index (χ0n) is 67.3. The highest BCUT2D eigenvalue weighted by Gasteiger charge is 2.54. The molecule has 0 aromatic rings. The average molecular weight is 1500 g/mol. The lowest BCUT2D eigenvalue weighted by molar-refractivity contribution is -0.163. The maximum atomic E-state index is 13.1. The smallest absolute Gasteiger partial charge is 0.309 e. The molecule has 17 aliphatic carbocycles. The molecule has 2 atom stereocenters. The molecule has 0 amide bonds. The van der Waals surface area contributed by atoms with Crippen molar-refractivity contribution in [2.45, 2.75) is 313 Å². The van der Waals surface area contributed by atoms with Gasteiger partial charge in [-0.1, -0.05) is 70.6 Å². The van der Waals surface area contributed by atoms with Gasteiger partial charge in [0, 0.05) is 59.1 Å². The Morgan fingerprint density at radius 3 is 0.813 bits per heavy atom. The molecule has 17 aliphatic rings. The van der Waals surface area contributed by atoms with Gasteiger partial charge in [0.15, 0.2) is 0 Å². The fraction of sp³-hybridized carbons (Fsp3) is 0.933. The summed E-state index contributed by atoms with van der Waals surface area (Å²) in [7, 11) is 4.75. The van der Waals surface area contributed by atoms with Crippen LogP contribution in [0, 0.1) is 93.2 Å². The Labute approximate surface area is 645 Å². The predicted octanol–water partition coefficient (Wildman–Crippen LogP) is 16.3. The molecule has 107 heavy (non-hydrogen) atoms. The number of methoxy groups -OCH3 is 3. The molecule has 17 rings (SSSR count). The molecule has 0 aromatic carbocycles. The van der Waals surface area contributed by atoms with Gasteiger partial charge in [-0.05, 0) is 301 Å². The molecule has 12 bridgehead atoms. The molecular formula is C89H147N3O15. The monoisotopic (exact) mass is 1500 g/mol. The van der Waals surface area contributed by atoms with Crippen LogP contribution in [-0.4, -0.2) is 189 Å². The maximum Gasteiger partial charge on any atom is 0.309 e. The first-order valence-corrected chi connectivity index (χ1v) is 44.8. The summed E-state index contributed by atoms with van der Waals surface area (Å²) in [6, 6.07) is 1.95. The highest BCUT2D eigenvalue weighted by atomic mass is 16.6. The van der Waals surface area contributed by atoms with Crippen molar-refractivity contribution < 1.29 is 71.4 Å². The van der Waals surface area contributed by atoms with Crippen LogP contribution in [0.2, 0.25) is 0 Å². The van der Waals surface area contributed by atoms with E-state index in [0.29, 0.717) is 99.9 Å². The second-order valence-electron chi connectivity index (χ2n) is 38.1. The molecule has 0 heterocycles. The van der Waals surface area contributed by atoms with E-state index < -0.39 is 0 Å². The fourth-order valence-electron chi connectivity index (χ4n) is 26.3. The van der Waals surface area contributed by atoms with E-state index in [1.165, 1.54) is 238 Å². The van der Waals surface area contributed by atoms with Crippen LogP contribution >= 0.6 is 0 Å². The van der Waals surface area contributed by atoms with Gasteiger partial charge in [-0.3, -0.25) is 43.5 Å². The first-order chi connectivity index (χ1) is 52.1. The van der Waals surface area contributed by atoms with Gasteiger partial charge >= 0.3 is 35.8 Å². The number of carbonyl (C=O) groups is 6. The number of hydrogen-bond acceptors (Lipinski definition) is 18. The standard InChI is InChI=1S/2C31H51NO5.C27H45NO5/c1-35-15-16-37-30(34)28-10-6-5-9-27(28)29(33)36-14-13-32(26-7-3-2-4-8-26)12-11-31-20-23-17-24(21-31)19-25(18-23)22-31;1-35-15-16-37-30(34)27-9-7-26(8-10-27)29(33)36-14-13-32(28-5-3-2-4-6-28)12-11-31-20-23-17-24(21-31)19-25(18-23)22-31;1-31-13-14-33-26(30)8-7-25(29)32-12-11-28(24-5-3-2-4-6-24)10-9-27-18-21-15-22(19-27)17-23(16-21)20-27/h2*23-28H,2-22H2,1H3;21-24H,2-20H2,1H3. The number of esters is 6. The molecular weight excluding hydrogens is 1350 g/mol. The van der Waals surface area contributed by atoms with Crippen LogP contribution in [0.3, 0.4) is 0 Å². The molecule has 0 aliphatic heterocycles. The Balaban J connectivity index is 0.000000150. The van der Waals surface area contributed by atoms with Crippen LogP contribution in [0.4, 0.5) is 0 Å². The second kappa shape index (κ2) is 41.6. The summed E-state index contributed by atoms with van der Waals surface area (Å²) >= 11 is 0. The predicted molar refractivity (Wildman–Crippen MR) is 413 cm³/mol. The Kier molecular flexibility index (Phi) is 32.2. The summed E-state index contributed by atoms with van der Waals surface area (Å²) < 4.78 is 47.7. The molecule has 18 heteroatoms. The minimum absolute atomic E-state index is 0.0594. The normalized spacial score (nSPS) is 34.2. The van der Waals surface area contributed by atoms with Crippen molar-refractivity contribution in [2.24, 2.45) is 93.2 Å². The molecule has 608 valence electrons. The van der Waals surface area contributed by atoms with E-state index in [2.05, 4.69) is 14.7 Å². The average Bonchev–Trinajstić information content (AvgIpc) is 0.763. The van der Waals surface area contributed by atoms with E-state index in [1.807, 2.05) is 0 Å². The molecule has 18 nitrogen and oxygen atoms in total. The lowest BCUT2D eigenvalue weighted by atomic mass is 9.49. The van der Waals surface area contributed by atoms with Gasteiger partial charge in [-0.2, -0.15) is 0 Å². The second-order valence-corrected chi connectivity index (χ2v) is 38.1. The minimum atomic E-state index is -0.372. The number of ether oxygens (including phenoxy) is 9. The third-order valence-corrected chi connectivity index (χ3v) is 30.4. The molecule has 0 radical (unpaired) electrons. The number of rotatable bonds is 37. The summed E-state index contributed by atoms with van der Waals surface area (Å²) in [5, 5.41) is 0. The molecule has 17 saturated carbocycles. The third-order valence-electron chi connectivity index (χ3n) is 30.4. The lowest BCUT2D eigenvalue weighted by Crippen LogP contribution is -2.48. The van der Waals surface area contributed by atoms with Crippen molar-refractivity contribution in [3.63, 3.8) is 0 Å². The Morgan fingerprint density at radius 1 is 0.271 bits per heavy atom. The van der Waals surface area contributed by atoms with Crippen LogP contribution in [-0.2, 0) is 71.4 Å². The van der Waals surface area contributed by atoms with Crippen LogP contribution < -0.4 is 0 Å². The van der Waals surface area contributed by atoms with Crippen LogP contribution in [0.5, 0.6) is 0 Å². The summed E-state index contributed by atoms with van der Waals surface area (Å²) in [5.41, 5.74) is 1.81. The number of hydrogen-bond donors (Lipinski definition) is 0. The lowest BCUT2D eigenvalue weighted by Gasteiger charge is -2.57. The number of nitrogens with zero attached hydrogens (tertiary/aromatic N) is 3. The summed E-state index contributed by atoms with van der Waals surface area (Å²) in [5.74, 6) is 6.80. The topological polar surface area (TPSA) is 195 Å². The van der Waals surface area contributed by atoms with Gasteiger partial charge in [0.05, 0.1) is 56.3 Å². The van der Waals surface area contributed by atoms with Crippen molar-refractivity contribution in [2.75, 3.05) is 120 Å². The largest absolute Gasteiger partial charge is 0.464 e. The van der Waals surface area contributed by atoms with Gasteiger partial charge in [0.2, 0.25) is 0 Å². The first kappa shape index (κ1) is 83.0. The van der Waals surface area contributed by atoms with Crippen LogP contribution in [0.1, 0.15) is 295 Å². The quantitative estimate of drug-likeness (QED) is 0.0323. The Bertz CT molecular complexity index is 2630. The van der Waals surface area contributed by atoms with E-state index in [1.54, 1.807) is 21.3 Å². The summed E-state index contributed by atoms with van der Waals surface area (Å²) in [4.78, 5) is 82.7. The van der Waals surface area contributed by atoms with Gasteiger partial charge in [0.1, 0.15) is 39.6 Å². The molecule has 0 saturated heterocycles. The number of carbonyl (C=O) groups excluding carboxylic acids is 6. The Hall–Kier alpha value is -3.42. The first-order valence-electron chi connectivity index (χ1n) is 44.8. The van der Waals surface area contributed by atoms with Crippen molar-refractivity contribution in [1.29, 1.82) is 0 Å². The van der Waals surface area contributed by atoms with Crippen molar-refractivity contribution >= 4 is 35.8 Å². The molecule has 2 unspecified atom stereocenters. The Morgan fingerprint density at radius 2 is 0.514 bits per heavy atom. The molecule has 0 aromatic heterocycles. The van der Waals surface area contributed by atoms with Gasteiger partial charge in [0.25, 0.3) is 0 Å². The third kappa shape index (κ3) is 24.3. The van der Waals surface area contributed by atoms with Crippen LogP contribution in [0.25, 0.3) is 0 Å². The molecule has 0 N–H and O–H groups in total. The molecule has 17 fully saturated rings. The molecule has 0 spiro atoms. The zero-order valence-corrected chi connectivity index (χ0v) is 67.3. The van der Waals surface area contributed by atoms with E-state index in [0.717, 1.165) is 118 Å². The van der Waals surface area contributed by atoms with E-state index in [4.69, 9.17) is 42.6 Å². The highest BCUT2D eigenvalue weighted by molar-refractivity contribution is 5.82. The van der Waals surface area contributed by atoms with Gasteiger partial charge in [-0.15, -0.1) is 0 Å². The van der Waals surface area contributed by atoms with E-state index in [9.17, 15) is 28.8 Å². The van der Waals surface area contributed by atoms with E-state index in [-0.39, 0.29) is 85.5 Å². The highest BCUT2D eigenvalue weighted by Crippen LogP contribution is 2.64. The summed E-state index contributed by atoms with van der Waals surface area (Å²) in [6.07, 6.45) is 57.0. The van der Waals surface area contributed by atoms with E-state index >= 15 is 0 Å². The van der Waals surface area contributed by atoms with Gasteiger partial charge in [-0.25, -0.2) is 0 Å². The fourth-order valence-corrected chi connectivity index (χ4v) is 26.3.